The second-order valence-corrected chi connectivity index (χ2v) is 9.51. The van der Waals surface area contributed by atoms with Gasteiger partial charge in [0, 0.05) is 51.4 Å². The molecule has 0 unspecified atom stereocenters. The fraction of sp³-hybridized carbons (Fsp3) is 0.348. The van der Waals surface area contributed by atoms with E-state index in [4.69, 9.17) is 0 Å². The summed E-state index contributed by atoms with van der Waals surface area (Å²) < 4.78 is 26.6. The number of nitrogens with one attached hydrogen (secondary N) is 2. The molecule has 7 nitrogen and oxygen atoms in total. The number of benzene rings is 2. The van der Waals surface area contributed by atoms with Gasteiger partial charge < -0.3 is 10.2 Å². The van der Waals surface area contributed by atoms with Gasteiger partial charge in [-0.3, -0.25) is 9.69 Å². The highest BCUT2D eigenvalue weighted by Gasteiger charge is 2.15. The van der Waals surface area contributed by atoms with Gasteiger partial charge in [0.25, 0.3) is 5.91 Å². The molecule has 1 aliphatic rings. The molecule has 0 radical (unpaired) electrons. The summed E-state index contributed by atoms with van der Waals surface area (Å²) in [6.07, 6.45) is 1.47. The van der Waals surface area contributed by atoms with E-state index in [1.54, 1.807) is 0 Å². The lowest BCUT2D eigenvalue weighted by molar-refractivity contribution is 0.0950. The molecular formula is C23H30N4O3S. The number of sulfonamides is 1. The van der Waals surface area contributed by atoms with E-state index in [2.05, 4.69) is 45.6 Å². The third-order valence-electron chi connectivity index (χ3n) is 5.29. The average Bonchev–Trinajstić information content (AvgIpc) is 2.78. The molecule has 1 heterocycles. The Hall–Kier alpha value is -2.52. The van der Waals surface area contributed by atoms with Crippen molar-refractivity contribution in [3.63, 3.8) is 0 Å². The number of nitrogens with zero attached hydrogens (tertiary/aromatic N) is 2. The van der Waals surface area contributed by atoms with Crippen LogP contribution in [0.3, 0.4) is 0 Å². The van der Waals surface area contributed by atoms with Crippen molar-refractivity contribution in [3.8, 4) is 0 Å². The summed E-state index contributed by atoms with van der Waals surface area (Å²) in [6.45, 7) is 9.26. The van der Waals surface area contributed by atoms with Gasteiger partial charge in [0.1, 0.15) is 0 Å². The molecule has 0 atom stereocenters. The zero-order valence-electron chi connectivity index (χ0n) is 17.9. The van der Waals surface area contributed by atoms with Gasteiger partial charge in [-0.15, -0.1) is 6.58 Å². The number of amides is 1. The molecule has 0 saturated carbocycles. The first-order valence-corrected chi connectivity index (χ1v) is 11.8. The molecule has 3 rings (SSSR count). The number of carbonyl (C=O) groups is 1. The lowest BCUT2D eigenvalue weighted by Gasteiger charge is -2.32. The zero-order valence-corrected chi connectivity index (χ0v) is 18.7. The Bertz CT molecular complexity index is 998. The van der Waals surface area contributed by atoms with Crippen molar-refractivity contribution in [1.82, 2.24) is 19.8 Å². The van der Waals surface area contributed by atoms with Gasteiger partial charge >= 0.3 is 0 Å². The predicted molar refractivity (Wildman–Crippen MR) is 122 cm³/mol. The van der Waals surface area contributed by atoms with Gasteiger partial charge in [0.15, 0.2) is 0 Å². The molecule has 1 amide bonds. The maximum Gasteiger partial charge on any atom is 0.251 e. The molecule has 166 valence electrons. The minimum Gasteiger partial charge on any atom is -0.348 e. The number of carbonyl (C=O) groups excluding carboxylic acids is 1. The molecule has 2 aromatic rings. The number of hydrogen-bond donors (Lipinski definition) is 2. The molecule has 0 aliphatic carbocycles. The summed E-state index contributed by atoms with van der Waals surface area (Å²) >= 11 is 0. The maximum absolute atomic E-state index is 12.5. The predicted octanol–water partition coefficient (Wildman–Crippen LogP) is 1.83. The van der Waals surface area contributed by atoms with Gasteiger partial charge in [-0.05, 0) is 42.4 Å². The molecule has 0 spiro atoms. The molecule has 0 aromatic heterocycles. The fourth-order valence-electron chi connectivity index (χ4n) is 3.42. The van der Waals surface area contributed by atoms with Gasteiger partial charge in [0.05, 0.1) is 4.90 Å². The Labute approximate surface area is 184 Å². The quantitative estimate of drug-likeness (QED) is 0.579. The lowest BCUT2D eigenvalue weighted by atomic mass is 10.1. The lowest BCUT2D eigenvalue weighted by Crippen LogP contribution is -2.43. The SMILES string of the molecule is C=CCNS(=O)(=O)c1ccc(C(=O)NCc2cccc(CN3CCN(C)CC3)c2)cc1. The van der Waals surface area contributed by atoms with Crippen molar-refractivity contribution in [3.05, 3.63) is 77.9 Å². The smallest absolute Gasteiger partial charge is 0.251 e. The summed E-state index contributed by atoms with van der Waals surface area (Å²) in [5, 5.41) is 2.91. The van der Waals surface area contributed by atoms with Crippen LogP contribution in [-0.4, -0.2) is 63.9 Å². The summed E-state index contributed by atoms with van der Waals surface area (Å²) in [5.41, 5.74) is 2.68. The van der Waals surface area contributed by atoms with Crippen molar-refractivity contribution in [2.75, 3.05) is 39.8 Å². The van der Waals surface area contributed by atoms with E-state index in [1.165, 1.54) is 35.9 Å². The van der Waals surface area contributed by atoms with Crippen LogP contribution in [0, 0.1) is 0 Å². The number of piperazine rings is 1. The van der Waals surface area contributed by atoms with Crippen LogP contribution < -0.4 is 10.0 Å². The second-order valence-electron chi connectivity index (χ2n) is 7.75. The van der Waals surface area contributed by atoms with Gasteiger partial charge in [0.2, 0.25) is 10.0 Å². The summed E-state index contributed by atoms with van der Waals surface area (Å²) in [6, 6.07) is 14.1. The minimum atomic E-state index is -3.60. The van der Waals surface area contributed by atoms with Gasteiger partial charge in [-0.25, -0.2) is 13.1 Å². The molecule has 2 aromatic carbocycles. The normalized spacial score (nSPS) is 15.5. The Morgan fingerprint density at radius 3 is 2.42 bits per heavy atom. The number of hydrogen-bond acceptors (Lipinski definition) is 5. The first-order valence-electron chi connectivity index (χ1n) is 10.3. The first kappa shape index (κ1) is 23.1. The van der Waals surface area contributed by atoms with Crippen LogP contribution in [0.15, 0.2) is 66.1 Å². The van der Waals surface area contributed by atoms with E-state index in [9.17, 15) is 13.2 Å². The molecule has 1 fully saturated rings. The first-order chi connectivity index (χ1) is 14.9. The summed E-state index contributed by atoms with van der Waals surface area (Å²) in [7, 11) is -1.45. The highest BCUT2D eigenvalue weighted by atomic mass is 32.2. The van der Waals surface area contributed by atoms with Crippen LogP contribution >= 0.6 is 0 Å². The zero-order chi connectivity index (χ0) is 22.3. The van der Waals surface area contributed by atoms with Crippen LogP contribution in [-0.2, 0) is 23.1 Å². The second kappa shape index (κ2) is 10.7. The summed E-state index contributed by atoms with van der Waals surface area (Å²) in [5.74, 6) is -0.243. The topological polar surface area (TPSA) is 81.7 Å². The standard InChI is InChI=1S/C23H30N4O3S/c1-3-11-25-31(29,30)22-9-7-21(8-10-22)23(28)24-17-19-5-4-6-20(16-19)18-27-14-12-26(2)13-15-27/h3-10,16,25H,1,11-15,17-18H2,2H3,(H,24,28). The van der Waals surface area contributed by atoms with Crippen molar-refractivity contribution in [1.29, 1.82) is 0 Å². The molecule has 1 aliphatic heterocycles. The Morgan fingerprint density at radius 2 is 1.74 bits per heavy atom. The highest BCUT2D eigenvalue weighted by Crippen LogP contribution is 2.12. The Balaban J connectivity index is 1.55. The average molecular weight is 443 g/mol. The van der Waals surface area contributed by atoms with Crippen LogP contribution in [0.2, 0.25) is 0 Å². The largest absolute Gasteiger partial charge is 0.348 e. The van der Waals surface area contributed by atoms with E-state index in [-0.39, 0.29) is 17.3 Å². The molecule has 0 bridgehead atoms. The van der Waals surface area contributed by atoms with Crippen LogP contribution in [0.4, 0.5) is 0 Å². The van der Waals surface area contributed by atoms with E-state index in [0.29, 0.717) is 12.1 Å². The third-order valence-corrected chi connectivity index (χ3v) is 6.73. The monoisotopic (exact) mass is 442 g/mol. The van der Waals surface area contributed by atoms with Gasteiger partial charge in [-0.2, -0.15) is 0 Å². The van der Waals surface area contributed by atoms with Crippen LogP contribution in [0.25, 0.3) is 0 Å². The molecule has 8 heteroatoms. The Kier molecular flexibility index (Phi) is 7.97. The van der Waals surface area contributed by atoms with E-state index < -0.39 is 10.0 Å². The van der Waals surface area contributed by atoms with Crippen LogP contribution in [0.1, 0.15) is 21.5 Å². The van der Waals surface area contributed by atoms with Gasteiger partial charge in [-0.1, -0.05) is 30.3 Å². The highest BCUT2D eigenvalue weighted by molar-refractivity contribution is 7.89. The molecule has 31 heavy (non-hydrogen) atoms. The van der Waals surface area contributed by atoms with Crippen molar-refractivity contribution >= 4 is 15.9 Å². The van der Waals surface area contributed by atoms with Crippen molar-refractivity contribution < 1.29 is 13.2 Å². The summed E-state index contributed by atoms with van der Waals surface area (Å²) in [4.78, 5) is 17.4. The maximum atomic E-state index is 12.5. The van der Waals surface area contributed by atoms with E-state index in [1.807, 2.05) is 12.1 Å². The van der Waals surface area contributed by atoms with Crippen LogP contribution in [0.5, 0.6) is 0 Å². The number of likely N-dealkylation sites (N-methyl/N-ethyl adjacent to an activating group) is 1. The fourth-order valence-corrected chi connectivity index (χ4v) is 4.42. The van der Waals surface area contributed by atoms with E-state index in [0.717, 1.165) is 38.3 Å². The number of rotatable bonds is 9. The minimum absolute atomic E-state index is 0.113. The molecular weight excluding hydrogens is 412 g/mol. The van der Waals surface area contributed by atoms with Crippen molar-refractivity contribution in [2.24, 2.45) is 0 Å². The Morgan fingerprint density at radius 1 is 1.06 bits per heavy atom. The van der Waals surface area contributed by atoms with Crippen molar-refractivity contribution in [2.45, 2.75) is 18.0 Å². The van der Waals surface area contributed by atoms with E-state index >= 15 is 0 Å². The molecule has 2 N–H and O–H groups in total. The molecule has 1 saturated heterocycles. The third kappa shape index (κ3) is 6.73.